The van der Waals surface area contributed by atoms with E-state index in [1.54, 1.807) is 11.3 Å². The van der Waals surface area contributed by atoms with Crippen molar-refractivity contribution in [3.8, 4) is 16.8 Å². The van der Waals surface area contributed by atoms with Gasteiger partial charge in [0.05, 0.1) is 32.5 Å². The van der Waals surface area contributed by atoms with E-state index in [1.807, 2.05) is 0 Å². The second-order valence-corrected chi connectivity index (χ2v) is 16.0. The second kappa shape index (κ2) is 15.4. The molecule has 2 heterocycles. The Bertz CT molecular complexity index is 2930. The number of allylic oxidation sites excluding steroid dienone is 2. The first-order valence-corrected chi connectivity index (χ1v) is 20.9. The molecular weight excluding hydrogens is 720 g/mol. The van der Waals surface area contributed by atoms with Gasteiger partial charge in [0.1, 0.15) is 0 Å². The highest BCUT2D eigenvalue weighted by Gasteiger charge is 2.23. The predicted molar refractivity (Wildman–Crippen MR) is 244 cm³/mol. The maximum absolute atomic E-state index is 7.59. The molecule has 9 rings (SSSR count). The number of benzene rings is 7. The van der Waals surface area contributed by atoms with Gasteiger partial charge in [-0.1, -0.05) is 159 Å². The fraction of sp³-hybridized carbons (Fsp3) is 0.135. The molecule has 0 saturated carbocycles. The second-order valence-electron chi connectivity index (χ2n) is 14.6. The van der Waals surface area contributed by atoms with Gasteiger partial charge in [-0.25, -0.2) is 0 Å². The highest BCUT2D eigenvalue weighted by Crippen LogP contribution is 2.42. The van der Waals surface area contributed by atoms with Gasteiger partial charge >= 0.3 is 0 Å². The van der Waals surface area contributed by atoms with Crippen LogP contribution in [0.5, 0.6) is 0 Å². The molecule has 2 nitrogen and oxygen atoms in total. The fourth-order valence-electron chi connectivity index (χ4n) is 8.38. The van der Waals surface area contributed by atoms with Gasteiger partial charge in [-0.15, -0.1) is 11.3 Å². The van der Waals surface area contributed by atoms with Gasteiger partial charge in [-0.2, -0.15) is 0 Å². The SMILES string of the molecule is CCCC(N=C(/C(CC)=C(\C)c1cccc(-c2ccccc2)c1)c1ccc2c(sc3ccccc32)c1Cl)c1ccc2c3ccccc3n(-c3ccccc3)c2c1. The van der Waals surface area contributed by atoms with Crippen molar-refractivity contribution in [3.05, 3.63) is 191 Å². The number of para-hydroxylation sites is 2. The molecule has 0 fully saturated rings. The van der Waals surface area contributed by atoms with Gasteiger partial charge in [0, 0.05) is 37.5 Å². The summed E-state index contributed by atoms with van der Waals surface area (Å²) in [5.41, 5.74) is 12.7. The van der Waals surface area contributed by atoms with Gasteiger partial charge < -0.3 is 4.57 Å². The Morgan fingerprint density at radius 3 is 2.11 bits per heavy atom. The van der Waals surface area contributed by atoms with Crippen LogP contribution in [0.4, 0.5) is 0 Å². The number of aliphatic imine (C=N–C) groups is 1. The van der Waals surface area contributed by atoms with Crippen LogP contribution in [0.2, 0.25) is 5.02 Å². The molecular formula is C52H43ClN2S. The van der Waals surface area contributed by atoms with E-state index in [2.05, 4.69) is 189 Å². The zero-order valence-corrected chi connectivity index (χ0v) is 33.5. The number of hydrogen-bond acceptors (Lipinski definition) is 2. The van der Waals surface area contributed by atoms with E-state index in [1.165, 1.54) is 70.7 Å². The maximum atomic E-state index is 7.59. The predicted octanol–water partition coefficient (Wildman–Crippen LogP) is 15.7. The lowest BCUT2D eigenvalue weighted by Crippen LogP contribution is -2.11. The minimum Gasteiger partial charge on any atom is -0.309 e. The molecule has 0 spiro atoms. The summed E-state index contributed by atoms with van der Waals surface area (Å²) in [6, 6.07) is 58.9. The first kappa shape index (κ1) is 35.9. The van der Waals surface area contributed by atoms with E-state index in [4.69, 9.17) is 16.6 Å². The Morgan fingerprint density at radius 2 is 1.32 bits per heavy atom. The number of fused-ring (bicyclic) bond motifs is 6. The molecule has 56 heavy (non-hydrogen) atoms. The summed E-state index contributed by atoms with van der Waals surface area (Å²) in [4.78, 5) is 5.86. The molecule has 1 atom stereocenters. The van der Waals surface area contributed by atoms with Crippen LogP contribution < -0.4 is 0 Å². The van der Waals surface area contributed by atoms with Crippen molar-refractivity contribution < 1.29 is 0 Å². The number of rotatable bonds is 10. The largest absolute Gasteiger partial charge is 0.309 e. The molecule has 7 aromatic carbocycles. The normalized spacial score (nSPS) is 13.2. The molecule has 274 valence electrons. The van der Waals surface area contributed by atoms with Crippen molar-refractivity contribution in [2.75, 3.05) is 0 Å². The molecule has 0 N–H and O–H groups in total. The summed E-state index contributed by atoms with van der Waals surface area (Å²) in [6.07, 6.45) is 2.71. The first-order chi connectivity index (χ1) is 27.5. The molecule has 9 aromatic rings. The van der Waals surface area contributed by atoms with Crippen LogP contribution in [-0.2, 0) is 0 Å². The van der Waals surface area contributed by atoms with Gasteiger partial charge in [0.25, 0.3) is 0 Å². The summed E-state index contributed by atoms with van der Waals surface area (Å²) in [7, 11) is 0. The average Bonchev–Trinajstić information content (AvgIpc) is 3.80. The number of nitrogens with zero attached hydrogens (tertiary/aromatic N) is 2. The summed E-state index contributed by atoms with van der Waals surface area (Å²) in [5.74, 6) is 0. The van der Waals surface area contributed by atoms with Crippen LogP contribution in [-0.4, -0.2) is 10.3 Å². The van der Waals surface area contributed by atoms with Crippen LogP contribution in [0.1, 0.15) is 62.8 Å². The zero-order valence-electron chi connectivity index (χ0n) is 32.0. The molecule has 0 aliphatic heterocycles. The Hall–Kier alpha value is -5.74. The topological polar surface area (TPSA) is 17.3 Å². The summed E-state index contributed by atoms with van der Waals surface area (Å²) < 4.78 is 4.75. The van der Waals surface area contributed by atoms with Crippen molar-refractivity contribution in [1.29, 1.82) is 0 Å². The smallest absolute Gasteiger partial charge is 0.0757 e. The number of thiophene rings is 1. The van der Waals surface area contributed by atoms with Crippen LogP contribution in [0.3, 0.4) is 0 Å². The van der Waals surface area contributed by atoms with Crippen LogP contribution in [0, 0.1) is 0 Å². The molecule has 0 amide bonds. The van der Waals surface area contributed by atoms with Crippen molar-refractivity contribution in [2.24, 2.45) is 4.99 Å². The van der Waals surface area contributed by atoms with Crippen molar-refractivity contribution >= 4 is 76.2 Å². The average molecular weight is 763 g/mol. The van der Waals surface area contributed by atoms with E-state index in [-0.39, 0.29) is 6.04 Å². The van der Waals surface area contributed by atoms with E-state index >= 15 is 0 Å². The molecule has 2 aromatic heterocycles. The molecule has 0 aliphatic carbocycles. The third kappa shape index (κ3) is 6.45. The van der Waals surface area contributed by atoms with Crippen molar-refractivity contribution in [2.45, 2.75) is 46.1 Å². The maximum Gasteiger partial charge on any atom is 0.0757 e. The number of aromatic nitrogens is 1. The van der Waals surface area contributed by atoms with Gasteiger partial charge in [0.15, 0.2) is 0 Å². The van der Waals surface area contributed by atoms with E-state index in [9.17, 15) is 0 Å². The van der Waals surface area contributed by atoms with Crippen LogP contribution in [0.15, 0.2) is 174 Å². The fourth-order valence-corrected chi connectivity index (χ4v) is 9.89. The summed E-state index contributed by atoms with van der Waals surface area (Å²) in [5, 5.41) is 5.70. The van der Waals surface area contributed by atoms with E-state index in [0.29, 0.717) is 0 Å². The molecule has 0 radical (unpaired) electrons. The Balaban J connectivity index is 1.27. The van der Waals surface area contributed by atoms with Crippen molar-refractivity contribution in [1.82, 2.24) is 4.57 Å². The lowest BCUT2D eigenvalue weighted by atomic mass is 9.90. The molecule has 4 heteroatoms. The Labute approximate surface area is 338 Å². The quantitative estimate of drug-likeness (QED) is 0.123. The Morgan fingerprint density at radius 1 is 0.643 bits per heavy atom. The monoisotopic (exact) mass is 762 g/mol. The third-order valence-electron chi connectivity index (χ3n) is 11.2. The van der Waals surface area contributed by atoms with Gasteiger partial charge in [-0.05, 0) is 89.6 Å². The summed E-state index contributed by atoms with van der Waals surface area (Å²) >= 11 is 9.35. The van der Waals surface area contributed by atoms with E-state index < -0.39 is 0 Å². The standard InChI is InChI=1S/C52H43ClN2S/c1-4-17-46(38-28-29-42-41-24-12-14-26-47(41)55(48(42)33-38)39-22-10-7-11-23-39)54-51(45-31-30-44-43-25-13-15-27-49(43)56-52(44)50(45)53)40(5-2)34(3)36-20-16-21-37(32-36)35-18-8-6-9-19-35/h6-16,18-33,46H,4-5,17H2,1-3H3/b40-34+,54-51?. The van der Waals surface area contributed by atoms with Crippen LogP contribution >= 0.6 is 22.9 Å². The van der Waals surface area contributed by atoms with E-state index in [0.717, 1.165) is 45.9 Å². The van der Waals surface area contributed by atoms with Crippen LogP contribution in [0.25, 0.3) is 64.4 Å². The lowest BCUT2D eigenvalue weighted by molar-refractivity contribution is 0.641. The van der Waals surface area contributed by atoms with Gasteiger partial charge in [-0.3, -0.25) is 4.99 Å². The highest BCUT2D eigenvalue weighted by atomic mass is 35.5. The van der Waals surface area contributed by atoms with Gasteiger partial charge in [0.2, 0.25) is 0 Å². The molecule has 0 aliphatic rings. The molecule has 0 bridgehead atoms. The first-order valence-electron chi connectivity index (χ1n) is 19.7. The minimum atomic E-state index is -0.0826. The zero-order chi connectivity index (χ0) is 38.2. The molecule has 1 unspecified atom stereocenters. The van der Waals surface area contributed by atoms with Crippen molar-refractivity contribution in [3.63, 3.8) is 0 Å². The Kier molecular flexibility index (Phi) is 9.89. The number of halogens is 1. The summed E-state index contributed by atoms with van der Waals surface area (Å²) in [6.45, 7) is 6.76. The molecule has 0 saturated heterocycles. The minimum absolute atomic E-state index is 0.0826. The number of hydrogen-bond donors (Lipinski definition) is 0. The highest BCUT2D eigenvalue weighted by molar-refractivity contribution is 7.26. The lowest BCUT2D eigenvalue weighted by Gasteiger charge is -2.21. The third-order valence-corrected chi connectivity index (χ3v) is 12.9.